The van der Waals surface area contributed by atoms with Crippen molar-refractivity contribution >= 4 is 5.69 Å². The molecule has 2 aromatic rings. The fourth-order valence-electron chi connectivity index (χ4n) is 2.04. The van der Waals surface area contributed by atoms with E-state index in [1.165, 1.54) is 5.56 Å². The molecule has 0 fully saturated rings. The molecule has 0 atom stereocenters. The number of benzene rings is 1. The number of nitrogens with one attached hydrogen (secondary N) is 1. The summed E-state index contributed by atoms with van der Waals surface area (Å²) in [5, 5.41) is 11.8. The van der Waals surface area contributed by atoms with Gasteiger partial charge in [0.1, 0.15) is 5.69 Å². The van der Waals surface area contributed by atoms with Crippen LogP contribution in [0.1, 0.15) is 32.0 Å². The predicted octanol–water partition coefficient (Wildman–Crippen LogP) is 2.71. The summed E-state index contributed by atoms with van der Waals surface area (Å²) in [7, 11) is 4.15. The molecule has 2 rings (SSSR count). The second-order valence-electron chi connectivity index (χ2n) is 6.62. The maximum atomic E-state index is 4.21. The molecule has 5 heteroatoms. The number of anilines is 1. The largest absolute Gasteiger partial charge is 0.379 e. The first-order chi connectivity index (χ1) is 9.84. The van der Waals surface area contributed by atoms with Crippen molar-refractivity contribution in [1.82, 2.24) is 19.9 Å². The lowest BCUT2D eigenvalue weighted by atomic mass is 10.1. The van der Waals surface area contributed by atoms with E-state index in [0.29, 0.717) is 6.54 Å². The Morgan fingerprint density at radius 2 is 2.00 bits per heavy atom. The van der Waals surface area contributed by atoms with E-state index in [2.05, 4.69) is 79.7 Å². The van der Waals surface area contributed by atoms with Crippen LogP contribution in [-0.4, -0.2) is 34.0 Å². The molecular formula is C16H25N5. The zero-order valence-corrected chi connectivity index (χ0v) is 13.6. The first-order valence-electron chi connectivity index (χ1n) is 7.24. The van der Waals surface area contributed by atoms with Gasteiger partial charge < -0.3 is 10.2 Å². The van der Waals surface area contributed by atoms with Crippen molar-refractivity contribution in [3.05, 3.63) is 41.7 Å². The summed E-state index contributed by atoms with van der Waals surface area (Å²) in [4.78, 5) is 2.16. The maximum Gasteiger partial charge on any atom is 0.102 e. The smallest absolute Gasteiger partial charge is 0.102 e. The van der Waals surface area contributed by atoms with Crippen molar-refractivity contribution in [1.29, 1.82) is 0 Å². The van der Waals surface area contributed by atoms with Crippen LogP contribution in [0.4, 0.5) is 5.69 Å². The lowest BCUT2D eigenvalue weighted by Gasteiger charge is -2.17. The molecule has 0 saturated heterocycles. The van der Waals surface area contributed by atoms with E-state index < -0.39 is 0 Å². The summed E-state index contributed by atoms with van der Waals surface area (Å²) in [5.41, 5.74) is 3.32. The highest BCUT2D eigenvalue weighted by Gasteiger charge is 2.14. The van der Waals surface area contributed by atoms with Gasteiger partial charge in [-0.15, -0.1) is 5.10 Å². The Labute approximate surface area is 127 Å². The van der Waals surface area contributed by atoms with E-state index in [-0.39, 0.29) is 5.54 Å². The van der Waals surface area contributed by atoms with Crippen molar-refractivity contribution in [2.24, 2.45) is 0 Å². The molecule has 0 saturated carbocycles. The van der Waals surface area contributed by atoms with Crippen LogP contribution in [-0.2, 0) is 18.6 Å². The zero-order valence-electron chi connectivity index (χ0n) is 13.6. The molecule has 5 nitrogen and oxygen atoms in total. The first kappa shape index (κ1) is 15.5. The Morgan fingerprint density at radius 1 is 1.24 bits per heavy atom. The van der Waals surface area contributed by atoms with Crippen LogP contribution in [0.3, 0.4) is 0 Å². The van der Waals surface area contributed by atoms with Crippen molar-refractivity contribution in [2.45, 2.75) is 39.4 Å². The van der Waals surface area contributed by atoms with E-state index in [4.69, 9.17) is 0 Å². The topological polar surface area (TPSA) is 46.0 Å². The van der Waals surface area contributed by atoms with Gasteiger partial charge in [0.05, 0.1) is 18.3 Å². The van der Waals surface area contributed by atoms with Crippen LogP contribution >= 0.6 is 0 Å². The second kappa shape index (κ2) is 6.26. The minimum absolute atomic E-state index is 0.0309. The molecule has 0 spiro atoms. The lowest BCUT2D eigenvalue weighted by Crippen LogP contribution is -2.22. The van der Waals surface area contributed by atoms with Gasteiger partial charge in [-0.3, -0.25) is 0 Å². The highest BCUT2D eigenvalue weighted by molar-refractivity contribution is 5.45. The molecule has 21 heavy (non-hydrogen) atoms. The van der Waals surface area contributed by atoms with Gasteiger partial charge in [0.25, 0.3) is 0 Å². The molecule has 1 heterocycles. The van der Waals surface area contributed by atoms with Crippen molar-refractivity contribution in [2.75, 3.05) is 19.4 Å². The van der Waals surface area contributed by atoms with Crippen molar-refractivity contribution in [3.63, 3.8) is 0 Å². The van der Waals surface area contributed by atoms with Crippen LogP contribution in [0, 0.1) is 0 Å². The van der Waals surface area contributed by atoms with Crippen LogP contribution < -0.4 is 5.32 Å². The third-order valence-corrected chi connectivity index (χ3v) is 3.13. The quantitative estimate of drug-likeness (QED) is 0.918. The van der Waals surface area contributed by atoms with Gasteiger partial charge in [-0.05, 0) is 52.6 Å². The number of hydrogen-bond acceptors (Lipinski definition) is 4. The number of nitrogens with zero attached hydrogens (tertiary/aromatic N) is 4. The molecule has 0 amide bonds. The lowest BCUT2D eigenvalue weighted by molar-refractivity contribution is 0.347. The number of hydrogen-bond donors (Lipinski definition) is 1. The predicted molar refractivity (Wildman–Crippen MR) is 86.2 cm³/mol. The fourth-order valence-corrected chi connectivity index (χ4v) is 2.04. The minimum Gasteiger partial charge on any atom is -0.379 e. The summed E-state index contributed by atoms with van der Waals surface area (Å²) < 4.78 is 1.90. The molecule has 1 aromatic carbocycles. The van der Waals surface area contributed by atoms with Gasteiger partial charge in [-0.2, -0.15) is 0 Å². The van der Waals surface area contributed by atoms with E-state index >= 15 is 0 Å². The summed E-state index contributed by atoms with van der Waals surface area (Å²) in [6.45, 7) is 7.97. The molecular weight excluding hydrogens is 262 g/mol. The van der Waals surface area contributed by atoms with Gasteiger partial charge in [-0.25, -0.2) is 4.68 Å². The Kier molecular flexibility index (Phi) is 4.63. The second-order valence-corrected chi connectivity index (χ2v) is 6.62. The van der Waals surface area contributed by atoms with Crippen LogP contribution in [0.5, 0.6) is 0 Å². The zero-order chi connectivity index (χ0) is 15.5. The standard InChI is InChI=1S/C16H25N5/c1-16(2,3)21-12-15(18-19-21)10-17-14-8-6-7-13(9-14)11-20(4)5/h6-9,12,17H,10-11H2,1-5H3. The Balaban J connectivity index is 1.98. The molecule has 1 aromatic heterocycles. The van der Waals surface area contributed by atoms with Crippen LogP contribution in [0.25, 0.3) is 0 Å². The Bertz CT molecular complexity index is 580. The number of aromatic nitrogens is 3. The van der Waals surface area contributed by atoms with Crippen molar-refractivity contribution in [3.8, 4) is 0 Å². The minimum atomic E-state index is -0.0309. The van der Waals surface area contributed by atoms with Crippen molar-refractivity contribution < 1.29 is 0 Å². The Hall–Kier alpha value is -1.88. The summed E-state index contributed by atoms with van der Waals surface area (Å²) in [6.07, 6.45) is 2.00. The third kappa shape index (κ3) is 4.56. The molecule has 0 radical (unpaired) electrons. The molecule has 0 aliphatic heterocycles. The summed E-state index contributed by atoms with van der Waals surface area (Å²) in [5.74, 6) is 0. The molecule has 0 aliphatic carbocycles. The van der Waals surface area contributed by atoms with Gasteiger partial charge >= 0.3 is 0 Å². The average molecular weight is 287 g/mol. The van der Waals surface area contributed by atoms with E-state index in [0.717, 1.165) is 17.9 Å². The molecule has 0 bridgehead atoms. The molecule has 0 unspecified atom stereocenters. The fraction of sp³-hybridized carbons (Fsp3) is 0.500. The highest BCUT2D eigenvalue weighted by Crippen LogP contribution is 2.14. The summed E-state index contributed by atoms with van der Waals surface area (Å²) in [6, 6.07) is 8.47. The monoisotopic (exact) mass is 287 g/mol. The van der Waals surface area contributed by atoms with Gasteiger partial charge in [0.2, 0.25) is 0 Å². The third-order valence-electron chi connectivity index (χ3n) is 3.13. The van der Waals surface area contributed by atoms with Gasteiger partial charge in [0, 0.05) is 12.2 Å². The molecule has 114 valence electrons. The highest BCUT2D eigenvalue weighted by atomic mass is 15.4. The average Bonchev–Trinajstić information content (AvgIpc) is 2.84. The van der Waals surface area contributed by atoms with Gasteiger partial charge in [-0.1, -0.05) is 17.3 Å². The normalized spacial score (nSPS) is 11.9. The molecule has 1 N–H and O–H groups in total. The molecule has 0 aliphatic rings. The van der Waals surface area contributed by atoms with E-state index in [1.54, 1.807) is 0 Å². The summed E-state index contributed by atoms with van der Waals surface area (Å²) >= 11 is 0. The number of rotatable bonds is 5. The van der Waals surface area contributed by atoms with Gasteiger partial charge in [0.15, 0.2) is 0 Å². The van der Waals surface area contributed by atoms with Crippen LogP contribution in [0.15, 0.2) is 30.5 Å². The van der Waals surface area contributed by atoms with E-state index in [1.807, 2.05) is 10.9 Å². The SMILES string of the molecule is CN(C)Cc1cccc(NCc2cn(C(C)(C)C)nn2)c1. The Morgan fingerprint density at radius 3 is 2.62 bits per heavy atom. The first-order valence-corrected chi connectivity index (χ1v) is 7.24. The maximum absolute atomic E-state index is 4.21. The van der Waals surface area contributed by atoms with E-state index in [9.17, 15) is 0 Å². The van der Waals surface area contributed by atoms with Crippen LogP contribution in [0.2, 0.25) is 0 Å².